The summed E-state index contributed by atoms with van der Waals surface area (Å²) in [5.41, 5.74) is 6.44. The predicted molar refractivity (Wildman–Crippen MR) is 259 cm³/mol. The lowest BCUT2D eigenvalue weighted by Gasteiger charge is -2.46. The SMILES string of the molecule is COc1ccc(C2c3c(cc(OC)c(OC)c3OC)CC[N+]2(C)CCCOC(=O)/C=C\C(=O)OCCC[N+]2(C)CCc3cc(OC)c(OC)cc3C2Cc2cc(OC)c(OC)c(OC)c2)cc1OC. The molecule has 0 N–H and O–H groups in total. The number of carbonyl (C=O) groups excluding carboxylic acids is 2. The summed E-state index contributed by atoms with van der Waals surface area (Å²) in [6.07, 6.45) is 5.63. The number of esters is 2. The molecule has 2 aliphatic heterocycles. The van der Waals surface area contributed by atoms with Gasteiger partial charge in [0.05, 0.1) is 130 Å². The number of fused-ring (bicyclic) bond motifs is 2. The molecule has 0 radical (unpaired) electrons. The number of rotatable bonds is 23. The first-order valence-corrected chi connectivity index (χ1v) is 23.1. The highest BCUT2D eigenvalue weighted by Crippen LogP contribution is 2.52. The highest BCUT2D eigenvalue weighted by molar-refractivity contribution is 5.91. The Hall–Kier alpha value is -6.52. The van der Waals surface area contributed by atoms with Crippen LogP contribution in [0.15, 0.2) is 60.7 Å². The van der Waals surface area contributed by atoms with Gasteiger partial charge in [0.2, 0.25) is 11.5 Å². The van der Waals surface area contributed by atoms with E-state index in [0.29, 0.717) is 98.8 Å². The summed E-state index contributed by atoms with van der Waals surface area (Å²) in [4.78, 5) is 25.8. The van der Waals surface area contributed by atoms with Gasteiger partial charge in [-0.3, -0.25) is 0 Å². The summed E-state index contributed by atoms with van der Waals surface area (Å²) in [6, 6.07) is 15.9. The van der Waals surface area contributed by atoms with Gasteiger partial charge in [0, 0.05) is 55.4 Å². The van der Waals surface area contributed by atoms with E-state index in [2.05, 4.69) is 26.2 Å². The number of hydrogen-bond acceptors (Lipinski definition) is 14. The van der Waals surface area contributed by atoms with Crippen LogP contribution >= 0.6 is 0 Å². The zero-order valence-electron chi connectivity index (χ0n) is 42.3. The highest BCUT2D eigenvalue weighted by Gasteiger charge is 2.44. The number of hydrogen-bond donors (Lipinski definition) is 0. The molecule has 0 fully saturated rings. The Labute approximate surface area is 406 Å². The van der Waals surface area contributed by atoms with Crippen molar-refractivity contribution < 1.29 is 75.4 Å². The van der Waals surface area contributed by atoms with Gasteiger partial charge in [-0.1, -0.05) is 0 Å². The largest absolute Gasteiger partial charge is 0.493 e. The van der Waals surface area contributed by atoms with Gasteiger partial charge in [0.15, 0.2) is 46.0 Å². The molecule has 4 aromatic rings. The van der Waals surface area contributed by atoms with Crippen LogP contribution in [0.1, 0.15) is 58.3 Å². The second-order valence-electron chi connectivity index (χ2n) is 17.6. The molecule has 2 aliphatic rings. The first kappa shape index (κ1) is 51.9. The van der Waals surface area contributed by atoms with Crippen LogP contribution in [0, 0.1) is 0 Å². The summed E-state index contributed by atoms with van der Waals surface area (Å²) in [7, 11) is 20.6. The molecule has 0 amide bonds. The molecule has 16 nitrogen and oxygen atoms in total. The molecule has 4 unspecified atom stereocenters. The molecular weight excluding hydrogens is 889 g/mol. The fourth-order valence-electron chi connectivity index (χ4n) is 10.2. The maximum absolute atomic E-state index is 12.9. The summed E-state index contributed by atoms with van der Waals surface area (Å²) in [5, 5.41) is 0. The zero-order valence-corrected chi connectivity index (χ0v) is 42.3. The Balaban J connectivity index is 1.08. The van der Waals surface area contributed by atoms with Gasteiger partial charge >= 0.3 is 11.9 Å². The third kappa shape index (κ3) is 11.2. The molecule has 0 bridgehead atoms. The number of nitrogens with zero attached hydrogens (tertiary/aromatic N) is 2. The highest BCUT2D eigenvalue weighted by atomic mass is 16.6. The fourth-order valence-corrected chi connectivity index (χ4v) is 10.2. The first-order valence-electron chi connectivity index (χ1n) is 23.1. The van der Waals surface area contributed by atoms with Crippen molar-refractivity contribution in [3.05, 3.63) is 94.1 Å². The van der Waals surface area contributed by atoms with Gasteiger partial charge < -0.3 is 65.8 Å². The van der Waals surface area contributed by atoms with Crippen LogP contribution in [0.3, 0.4) is 0 Å². The second kappa shape index (κ2) is 23.2. The average molecular weight is 959 g/mol. The number of methoxy groups -OCH3 is 10. The van der Waals surface area contributed by atoms with Crippen molar-refractivity contribution in [1.29, 1.82) is 0 Å². The molecule has 16 heteroatoms. The Kier molecular flexibility index (Phi) is 17.4. The molecule has 2 heterocycles. The molecule has 0 saturated carbocycles. The third-order valence-corrected chi connectivity index (χ3v) is 13.7. The first-order chi connectivity index (χ1) is 33.3. The molecule has 4 atom stereocenters. The lowest BCUT2D eigenvalue weighted by molar-refractivity contribution is -0.941. The Morgan fingerprint density at radius 2 is 1.00 bits per heavy atom. The monoisotopic (exact) mass is 958 g/mol. The summed E-state index contributed by atoms with van der Waals surface area (Å²) in [6.45, 7) is 3.32. The smallest absolute Gasteiger partial charge is 0.331 e. The van der Waals surface area contributed by atoms with Crippen molar-refractivity contribution in [2.24, 2.45) is 0 Å². The van der Waals surface area contributed by atoms with Gasteiger partial charge in [-0.2, -0.15) is 0 Å². The maximum atomic E-state index is 12.9. The van der Waals surface area contributed by atoms with Crippen LogP contribution in [0.2, 0.25) is 0 Å². The number of carbonyl (C=O) groups is 2. The van der Waals surface area contributed by atoms with E-state index in [1.54, 1.807) is 71.1 Å². The molecule has 6 rings (SSSR count). The number of likely N-dealkylation sites (N-methyl/N-ethyl adjacent to an activating group) is 2. The third-order valence-electron chi connectivity index (χ3n) is 13.7. The second-order valence-corrected chi connectivity index (χ2v) is 17.6. The lowest BCUT2D eigenvalue weighted by atomic mass is 9.84. The predicted octanol–water partition coefficient (Wildman–Crippen LogP) is 7.27. The summed E-state index contributed by atoms with van der Waals surface area (Å²) in [5.74, 6) is 4.74. The van der Waals surface area contributed by atoms with E-state index < -0.39 is 11.9 Å². The molecular formula is C53H70N2O14+2. The van der Waals surface area contributed by atoms with Crippen molar-refractivity contribution in [1.82, 2.24) is 0 Å². The van der Waals surface area contributed by atoms with Crippen LogP contribution in [0.25, 0.3) is 0 Å². The average Bonchev–Trinajstić information content (AvgIpc) is 3.37. The number of quaternary nitrogens is 2. The van der Waals surface area contributed by atoms with Crippen LogP contribution in [0.4, 0.5) is 0 Å². The molecule has 69 heavy (non-hydrogen) atoms. The molecule has 4 aromatic carbocycles. The van der Waals surface area contributed by atoms with Gasteiger partial charge in [0.1, 0.15) is 12.1 Å². The number of ether oxygens (including phenoxy) is 12. The standard InChI is InChI=1S/C53H70N2O14/c1-54(23-19-35-30-42(60-5)43(61-6)33-38(35)39(54)27-34-28-44(62-7)51(65-10)45(29-34)63-8)21-13-25-68-47(56)17-18-48(57)69-26-14-22-55(2)24-20-36-31-46(64-9)52(66-11)53(67-12)49(36)50(55)37-15-16-40(58-3)41(32-37)59-4/h15-18,28-33,39,50H,13-14,19-27H2,1-12H3/q+2/b18-17-. The van der Waals surface area contributed by atoms with Crippen molar-refractivity contribution in [3.8, 4) is 57.5 Å². The molecule has 374 valence electrons. The molecule has 0 aromatic heterocycles. The summed E-state index contributed by atoms with van der Waals surface area (Å²) < 4.78 is 69.8. The van der Waals surface area contributed by atoms with Gasteiger partial charge in [-0.25, -0.2) is 9.59 Å². The lowest BCUT2D eigenvalue weighted by Crippen LogP contribution is -2.52. The van der Waals surface area contributed by atoms with E-state index in [1.807, 2.05) is 36.4 Å². The minimum absolute atomic E-state index is 0.00402. The van der Waals surface area contributed by atoms with Gasteiger partial charge in [-0.05, 0) is 65.2 Å². The van der Waals surface area contributed by atoms with Gasteiger partial charge in [-0.15, -0.1) is 0 Å². The minimum atomic E-state index is -0.625. The van der Waals surface area contributed by atoms with Crippen molar-refractivity contribution in [2.75, 3.05) is 125 Å². The van der Waals surface area contributed by atoms with Crippen molar-refractivity contribution in [2.45, 2.75) is 44.2 Å². The van der Waals surface area contributed by atoms with Crippen LogP contribution in [-0.2, 0) is 38.3 Å². The van der Waals surface area contributed by atoms with E-state index in [4.69, 9.17) is 56.8 Å². The topological polar surface area (TPSA) is 145 Å². The Morgan fingerprint density at radius 3 is 1.55 bits per heavy atom. The van der Waals surface area contributed by atoms with Crippen molar-refractivity contribution >= 4 is 11.9 Å². The van der Waals surface area contributed by atoms with Crippen molar-refractivity contribution in [3.63, 3.8) is 0 Å². The zero-order chi connectivity index (χ0) is 49.9. The fraction of sp³-hybridized carbons (Fsp3) is 0.472. The summed E-state index contributed by atoms with van der Waals surface area (Å²) >= 11 is 0. The Bertz CT molecular complexity index is 2450. The van der Waals surface area contributed by atoms with E-state index in [9.17, 15) is 9.59 Å². The number of benzene rings is 4. The quantitative estimate of drug-likeness (QED) is 0.0318. The normalized spacial score (nSPS) is 19.4. The maximum Gasteiger partial charge on any atom is 0.331 e. The van der Waals surface area contributed by atoms with Crippen LogP contribution in [-0.4, -0.2) is 145 Å². The van der Waals surface area contributed by atoms with Gasteiger partial charge in [0.25, 0.3) is 0 Å². The molecule has 0 saturated heterocycles. The van der Waals surface area contributed by atoms with E-state index in [-0.39, 0.29) is 25.3 Å². The van der Waals surface area contributed by atoms with Crippen LogP contribution < -0.4 is 47.4 Å². The van der Waals surface area contributed by atoms with E-state index in [1.165, 1.54) is 5.56 Å². The molecule has 0 spiro atoms. The molecule has 0 aliphatic carbocycles. The minimum Gasteiger partial charge on any atom is -0.493 e. The van der Waals surface area contributed by atoms with Crippen LogP contribution in [0.5, 0.6) is 57.5 Å². The van der Waals surface area contributed by atoms with E-state index in [0.717, 1.165) is 65.9 Å². The van der Waals surface area contributed by atoms with E-state index >= 15 is 0 Å². The Morgan fingerprint density at radius 1 is 0.522 bits per heavy atom.